The topological polar surface area (TPSA) is 24.9 Å². The average Bonchev–Trinajstić information content (AvgIpc) is 2.48. The molecule has 1 fully saturated rings. The summed E-state index contributed by atoms with van der Waals surface area (Å²) >= 11 is 0. The van der Waals surface area contributed by atoms with Crippen molar-refractivity contribution in [2.75, 3.05) is 11.9 Å². The van der Waals surface area contributed by atoms with Gasteiger partial charge < -0.3 is 5.32 Å². The highest BCUT2D eigenvalue weighted by Crippen LogP contribution is 2.39. The molecule has 0 bridgehead atoms. The van der Waals surface area contributed by atoms with E-state index in [0.717, 1.165) is 24.2 Å². The lowest BCUT2D eigenvalue weighted by Gasteiger charge is -2.35. The zero-order valence-electron chi connectivity index (χ0n) is 13.5. The van der Waals surface area contributed by atoms with Crippen LogP contribution in [0, 0.1) is 11.8 Å². The molecule has 1 aromatic rings. The molecule has 1 aromatic heterocycles. The van der Waals surface area contributed by atoms with Crippen molar-refractivity contribution < 1.29 is 0 Å². The van der Waals surface area contributed by atoms with Crippen LogP contribution < -0.4 is 5.32 Å². The Bertz CT molecular complexity index is 449. The molecule has 2 heterocycles. The summed E-state index contributed by atoms with van der Waals surface area (Å²) in [6, 6.07) is 4.54. The van der Waals surface area contributed by atoms with Crippen LogP contribution in [-0.2, 0) is 12.8 Å². The lowest BCUT2D eigenvalue weighted by molar-refractivity contribution is 0.167. The fourth-order valence-electron chi connectivity index (χ4n) is 3.89. The van der Waals surface area contributed by atoms with Crippen molar-refractivity contribution >= 4 is 5.82 Å². The van der Waals surface area contributed by atoms with Gasteiger partial charge in [0.25, 0.3) is 0 Å². The second kappa shape index (κ2) is 7.29. The van der Waals surface area contributed by atoms with Crippen molar-refractivity contribution in [3.8, 4) is 0 Å². The molecule has 3 rings (SSSR count). The van der Waals surface area contributed by atoms with E-state index in [9.17, 15) is 0 Å². The smallest absolute Gasteiger partial charge is 0.129 e. The van der Waals surface area contributed by atoms with Crippen LogP contribution in [0.15, 0.2) is 12.1 Å². The van der Waals surface area contributed by atoms with E-state index in [1.807, 2.05) is 0 Å². The third-order valence-electron chi connectivity index (χ3n) is 5.31. The van der Waals surface area contributed by atoms with Crippen LogP contribution in [0.5, 0.6) is 0 Å². The number of aryl methyl sites for hydroxylation is 2. The fourth-order valence-corrected chi connectivity index (χ4v) is 3.89. The standard InChI is InChI=1S/C19H30N2/c1-2-3-4-6-15-13-16(14-15)8-10-18-11-9-17-7-5-12-20-19(17)21-18/h9,11,15-16H,2-8,10,12-14H2,1H3,(H,20,21). The van der Waals surface area contributed by atoms with Crippen molar-refractivity contribution in [1.82, 2.24) is 4.98 Å². The predicted octanol–water partition coefficient (Wildman–Crippen LogP) is 4.98. The molecule has 1 N–H and O–H groups in total. The minimum Gasteiger partial charge on any atom is -0.370 e. The molecule has 0 radical (unpaired) electrons. The van der Waals surface area contributed by atoms with Gasteiger partial charge in [0.05, 0.1) is 0 Å². The van der Waals surface area contributed by atoms with Crippen molar-refractivity contribution in [2.45, 2.75) is 71.1 Å². The highest BCUT2D eigenvalue weighted by atomic mass is 15.0. The van der Waals surface area contributed by atoms with Gasteiger partial charge >= 0.3 is 0 Å². The summed E-state index contributed by atoms with van der Waals surface area (Å²) in [6.07, 6.45) is 13.6. The minimum atomic E-state index is 0.974. The number of fused-ring (bicyclic) bond motifs is 1. The van der Waals surface area contributed by atoms with E-state index < -0.39 is 0 Å². The second-order valence-corrected chi connectivity index (χ2v) is 7.08. The largest absolute Gasteiger partial charge is 0.370 e. The van der Waals surface area contributed by atoms with Gasteiger partial charge in [0.15, 0.2) is 0 Å². The van der Waals surface area contributed by atoms with Crippen LogP contribution in [0.1, 0.15) is 69.5 Å². The number of anilines is 1. The van der Waals surface area contributed by atoms with E-state index in [1.165, 1.54) is 75.5 Å². The molecule has 0 spiro atoms. The van der Waals surface area contributed by atoms with Gasteiger partial charge in [-0.25, -0.2) is 4.98 Å². The Kier molecular flexibility index (Phi) is 5.16. The SMILES string of the molecule is CCCCCC1CC(CCc2ccc3c(n2)NCCC3)C1. The molecule has 116 valence electrons. The maximum absolute atomic E-state index is 4.81. The number of aromatic nitrogens is 1. The van der Waals surface area contributed by atoms with Crippen molar-refractivity contribution in [3.05, 3.63) is 23.4 Å². The second-order valence-electron chi connectivity index (χ2n) is 7.08. The van der Waals surface area contributed by atoms with Crippen LogP contribution in [-0.4, -0.2) is 11.5 Å². The molecule has 0 atom stereocenters. The molecule has 2 heteroatoms. The van der Waals surface area contributed by atoms with Crippen molar-refractivity contribution in [1.29, 1.82) is 0 Å². The number of nitrogens with zero attached hydrogens (tertiary/aromatic N) is 1. The van der Waals surface area contributed by atoms with Gasteiger partial charge in [-0.2, -0.15) is 0 Å². The summed E-state index contributed by atoms with van der Waals surface area (Å²) in [4.78, 5) is 4.81. The molecule has 2 nitrogen and oxygen atoms in total. The van der Waals surface area contributed by atoms with Gasteiger partial charge in [-0.05, 0) is 62.0 Å². The first-order chi connectivity index (χ1) is 10.3. The number of nitrogens with one attached hydrogen (secondary N) is 1. The van der Waals surface area contributed by atoms with Gasteiger partial charge in [-0.1, -0.05) is 38.7 Å². The lowest BCUT2D eigenvalue weighted by atomic mass is 9.70. The third-order valence-corrected chi connectivity index (χ3v) is 5.31. The van der Waals surface area contributed by atoms with Gasteiger partial charge in [-0.15, -0.1) is 0 Å². The Morgan fingerprint density at radius 2 is 2.00 bits per heavy atom. The van der Waals surface area contributed by atoms with Gasteiger partial charge in [0.1, 0.15) is 5.82 Å². The normalized spacial score (nSPS) is 24.0. The molecule has 1 saturated carbocycles. The highest BCUT2D eigenvalue weighted by molar-refractivity contribution is 5.46. The highest BCUT2D eigenvalue weighted by Gasteiger charge is 2.28. The number of pyridine rings is 1. The first-order valence-electron chi connectivity index (χ1n) is 9.08. The van der Waals surface area contributed by atoms with Crippen LogP contribution in [0.3, 0.4) is 0 Å². The molecular formula is C19H30N2. The quantitative estimate of drug-likeness (QED) is 0.715. The molecule has 0 saturated heterocycles. The van der Waals surface area contributed by atoms with Crippen molar-refractivity contribution in [2.24, 2.45) is 11.8 Å². The summed E-state index contributed by atoms with van der Waals surface area (Å²) in [5, 5.41) is 3.44. The number of rotatable bonds is 7. The van der Waals surface area contributed by atoms with E-state index >= 15 is 0 Å². The first-order valence-corrected chi connectivity index (χ1v) is 9.08. The third kappa shape index (κ3) is 3.99. The molecular weight excluding hydrogens is 256 g/mol. The molecule has 1 aliphatic heterocycles. The van der Waals surface area contributed by atoms with Crippen LogP contribution >= 0.6 is 0 Å². The molecule has 1 aliphatic carbocycles. The van der Waals surface area contributed by atoms with Crippen LogP contribution in [0.25, 0.3) is 0 Å². The Balaban J connectivity index is 1.38. The zero-order chi connectivity index (χ0) is 14.5. The Morgan fingerprint density at radius 3 is 2.86 bits per heavy atom. The maximum atomic E-state index is 4.81. The number of hydrogen-bond acceptors (Lipinski definition) is 2. The molecule has 0 unspecified atom stereocenters. The van der Waals surface area contributed by atoms with Crippen LogP contribution in [0.2, 0.25) is 0 Å². The number of unbranched alkanes of at least 4 members (excludes halogenated alkanes) is 2. The van der Waals surface area contributed by atoms with Crippen molar-refractivity contribution in [3.63, 3.8) is 0 Å². The van der Waals surface area contributed by atoms with Gasteiger partial charge in [-0.3, -0.25) is 0 Å². The molecule has 2 aliphatic rings. The van der Waals surface area contributed by atoms with E-state index in [4.69, 9.17) is 4.98 Å². The van der Waals surface area contributed by atoms with E-state index in [2.05, 4.69) is 24.4 Å². The van der Waals surface area contributed by atoms with E-state index in [-0.39, 0.29) is 0 Å². The summed E-state index contributed by atoms with van der Waals surface area (Å²) in [5.41, 5.74) is 2.70. The first kappa shape index (κ1) is 14.9. The van der Waals surface area contributed by atoms with Gasteiger partial charge in [0, 0.05) is 12.2 Å². The summed E-state index contributed by atoms with van der Waals surface area (Å²) in [7, 11) is 0. The fraction of sp³-hybridized carbons (Fsp3) is 0.737. The maximum Gasteiger partial charge on any atom is 0.129 e. The predicted molar refractivity (Wildman–Crippen MR) is 89.7 cm³/mol. The minimum absolute atomic E-state index is 0.974. The summed E-state index contributed by atoms with van der Waals surface area (Å²) < 4.78 is 0. The monoisotopic (exact) mass is 286 g/mol. The van der Waals surface area contributed by atoms with E-state index in [0.29, 0.717) is 0 Å². The summed E-state index contributed by atoms with van der Waals surface area (Å²) in [5.74, 6) is 3.17. The Hall–Kier alpha value is -1.05. The summed E-state index contributed by atoms with van der Waals surface area (Å²) in [6.45, 7) is 3.38. The molecule has 0 amide bonds. The molecule has 21 heavy (non-hydrogen) atoms. The van der Waals surface area contributed by atoms with Gasteiger partial charge in [0.2, 0.25) is 0 Å². The Labute approximate surface area is 129 Å². The molecule has 0 aromatic carbocycles. The van der Waals surface area contributed by atoms with E-state index in [1.54, 1.807) is 0 Å². The zero-order valence-corrected chi connectivity index (χ0v) is 13.5. The number of hydrogen-bond donors (Lipinski definition) is 1. The lowest BCUT2D eigenvalue weighted by Crippen LogP contribution is -2.24. The van der Waals surface area contributed by atoms with Crippen LogP contribution in [0.4, 0.5) is 5.82 Å². The average molecular weight is 286 g/mol. The Morgan fingerprint density at radius 1 is 1.14 bits per heavy atom.